The van der Waals surface area contributed by atoms with Crippen molar-refractivity contribution in [1.82, 2.24) is 15.5 Å². The van der Waals surface area contributed by atoms with E-state index in [1.54, 1.807) is 0 Å². The van der Waals surface area contributed by atoms with Crippen molar-refractivity contribution in [2.75, 3.05) is 13.1 Å². The quantitative estimate of drug-likeness (QED) is 0.631. The SMILES string of the molecule is CCCC[C@@H](CC)CNC(=O)CN1C(=O)N[C@](C)(c2cc(F)ccc2F)C1=O. The molecule has 0 bridgehead atoms. The largest absolute Gasteiger partial charge is 0.354 e. The average molecular weight is 395 g/mol. The Balaban J connectivity index is 2.05. The van der Waals surface area contributed by atoms with Crippen molar-refractivity contribution < 1.29 is 23.2 Å². The van der Waals surface area contributed by atoms with Gasteiger partial charge in [0, 0.05) is 12.1 Å². The van der Waals surface area contributed by atoms with Crippen LogP contribution in [-0.4, -0.2) is 35.8 Å². The molecule has 1 aliphatic rings. The molecule has 1 aliphatic heterocycles. The van der Waals surface area contributed by atoms with Crippen LogP contribution in [-0.2, 0) is 15.1 Å². The molecule has 4 amide bonds. The lowest BCUT2D eigenvalue weighted by Crippen LogP contribution is -2.44. The van der Waals surface area contributed by atoms with Crippen LogP contribution in [0.4, 0.5) is 13.6 Å². The third kappa shape index (κ3) is 4.66. The minimum Gasteiger partial charge on any atom is -0.354 e. The monoisotopic (exact) mass is 395 g/mol. The maximum Gasteiger partial charge on any atom is 0.325 e. The summed E-state index contributed by atoms with van der Waals surface area (Å²) in [4.78, 5) is 37.9. The predicted octanol–water partition coefficient (Wildman–Crippen LogP) is 3.06. The van der Waals surface area contributed by atoms with E-state index in [-0.39, 0.29) is 5.56 Å². The number of unbranched alkanes of at least 4 members (excludes halogenated alkanes) is 1. The summed E-state index contributed by atoms with van der Waals surface area (Å²) in [7, 11) is 0. The van der Waals surface area contributed by atoms with Crippen LogP contribution in [0, 0.1) is 17.6 Å². The van der Waals surface area contributed by atoms with Gasteiger partial charge in [-0.05, 0) is 37.5 Å². The number of halogens is 2. The van der Waals surface area contributed by atoms with Crippen molar-refractivity contribution in [2.45, 2.75) is 52.0 Å². The number of hydrogen-bond acceptors (Lipinski definition) is 3. The van der Waals surface area contributed by atoms with Gasteiger partial charge >= 0.3 is 6.03 Å². The average Bonchev–Trinajstić information content (AvgIpc) is 2.87. The van der Waals surface area contributed by atoms with Crippen LogP contribution in [0.25, 0.3) is 0 Å². The summed E-state index contributed by atoms with van der Waals surface area (Å²) in [6, 6.07) is 1.88. The van der Waals surface area contributed by atoms with E-state index in [9.17, 15) is 23.2 Å². The molecule has 2 N–H and O–H groups in total. The first-order valence-electron chi connectivity index (χ1n) is 9.59. The molecular weight excluding hydrogens is 368 g/mol. The molecule has 0 unspecified atom stereocenters. The van der Waals surface area contributed by atoms with Crippen molar-refractivity contribution in [1.29, 1.82) is 0 Å². The molecule has 0 spiro atoms. The number of imide groups is 1. The Morgan fingerprint density at radius 1 is 1.29 bits per heavy atom. The van der Waals surface area contributed by atoms with Gasteiger partial charge in [-0.2, -0.15) is 0 Å². The van der Waals surface area contributed by atoms with E-state index in [1.165, 1.54) is 6.92 Å². The molecule has 0 radical (unpaired) electrons. The first-order valence-corrected chi connectivity index (χ1v) is 9.59. The lowest BCUT2D eigenvalue weighted by molar-refractivity contribution is -0.134. The smallest absolute Gasteiger partial charge is 0.325 e. The highest BCUT2D eigenvalue weighted by Gasteiger charge is 2.50. The number of urea groups is 1. The second-order valence-electron chi connectivity index (χ2n) is 7.29. The minimum atomic E-state index is -1.77. The van der Waals surface area contributed by atoms with Crippen LogP contribution in [0.3, 0.4) is 0 Å². The molecule has 28 heavy (non-hydrogen) atoms. The number of carbonyl (C=O) groups is 3. The predicted molar refractivity (Wildman–Crippen MR) is 100 cm³/mol. The Bertz CT molecular complexity index is 756. The van der Waals surface area contributed by atoms with E-state index in [0.717, 1.165) is 48.8 Å². The van der Waals surface area contributed by atoms with Crippen molar-refractivity contribution in [3.8, 4) is 0 Å². The van der Waals surface area contributed by atoms with E-state index < -0.39 is 41.6 Å². The van der Waals surface area contributed by atoms with Gasteiger partial charge in [-0.3, -0.25) is 14.5 Å². The number of nitrogens with one attached hydrogen (secondary N) is 2. The molecule has 0 aliphatic carbocycles. The fourth-order valence-electron chi connectivity index (χ4n) is 3.30. The van der Waals surface area contributed by atoms with Crippen molar-refractivity contribution in [3.63, 3.8) is 0 Å². The molecular formula is C20H27F2N3O3. The van der Waals surface area contributed by atoms with Gasteiger partial charge in [-0.15, -0.1) is 0 Å². The van der Waals surface area contributed by atoms with Gasteiger partial charge in [-0.1, -0.05) is 33.1 Å². The maximum absolute atomic E-state index is 14.1. The summed E-state index contributed by atoms with van der Waals surface area (Å²) in [5.41, 5.74) is -2.05. The molecule has 0 saturated carbocycles. The molecule has 8 heteroatoms. The molecule has 1 aromatic carbocycles. The van der Waals surface area contributed by atoms with Crippen LogP contribution in [0.2, 0.25) is 0 Å². The third-order valence-corrected chi connectivity index (χ3v) is 5.17. The van der Waals surface area contributed by atoms with Gasteiger partial charge in [0.2, 0.25) is 5.91 Å². The fourth-order valence-corrected chi connectivity index (χ4v) is 3.30. The first kappa shape index (κ1) is 21.8. The van der Waals surface area contributed by atoms with Gasteiger partial charge in [0.25, 0.3) is 5.91 Å². The van der Waals surface area contributed by atoms with Crippen LogP contribution in [0.5, 0.6) is 0 Å². The van der Waals surface area contributed by atoms with Gasteiger partial charge in [-0.25, -0.2) is 13.6 Å². The standard InChI is InChI=1S/C20H27F2N3O3/c1-4-6-7-13(5-2)11-23-17(26)12-25-18(27)20(3,24-19(25)28)15-10-14(21)8-9-16(15)22/h8-10,13H,4-7,11-12H2,1-3H3,(H,23,26)(H,24,28)/t13-,20-/m1/s1. The molecule has 6 nitrogen and oxygen atoms in total. The summed E-state index contributed by atoms with van der Waals surface area (Å²) < 4.78 is 27.7. The van der Waals surface area contributed by atoms with Crippen LogP contribution < -0.4 is 10.6 Å². The molecule has 0 aromatic heterocycles. The normalized spacial score (nSPS) is 20.2. The zero-order chi connectivity index (χ0) is 20.9. The Morgan fingerprint density at radius 3 is 2.64 bits per heavy atom. The lowest BCUT2D eigenvalue weighted by Gasteiger charge is -2.23. The van der Waals surface area contributed by atoms with Crippen LogP contribution in [0.1, 0.15) is 52.0 Å². The Kier molecular flexibility index (Phi) is 7.10. The second kappa shape index (κ2) is 9.12. The first-order chi connectivity index (χ1) is 13.2. The van der Waals surface area contributed by atoms with Crippen molar-refractivity contribution in [2.24, 2.45) is 5.92 Å². The van der Waals surface area contributed by atoms with Gasteiger partial charge in [0.15, 0.2) is 0 Å². The second-order valence-corrected chi connectivity index (χ2v) is 7.29. The minimum absolute atomic E-state index is 0.278. The number of rotatable bonds is 9. The highest BCUT2D eigenvalue weighted by atomic mass is 19.1. The molecule has 1 heterocycles. The zero-order valence-corrected chi connectivity index (χ0v) is 16.5. The molecule has 1 fully saturated rings. The molecule has 2 rings (SSSR count). The number of hydrogen-bond donors (Lipinski definition) is 2. The summed E-state index contributed by atoms with van der Waals surface area (Å²) in [6.45, 7) is 5.43. The van der Waals surface area contributed by atoms with Crippen LogP contribution >= 0.6 is 0 Å². The highest BCUT2D eigenvalue weighted by Crippen LogP contribution is 2.31. The summed E-state index contributed by atoms with van der Waals surface area (Å²) in [5, 5.41) is 5.13. The van der Waals surface area contributed by atoms with E-state index in [1.807, 2.05) is 6.92 Å². The van der Waals surface area contributed by atoms with E-state index in [2.05, 4.69) is 17.6 Å². The highest BCUT2D eigenvalue weighted by molar-refractivity contribution is 6.09. The van der Waals surface area contributed by atoms with Gasteiger partial charge in [0.1, 0.15) is 23.7 Å². The Hall–Kier alpha value is -2.51. The van der Waals surface area contributed by atoms with E-state index in [4.69, 9.17) is 0 Å². The Morgan fingerprint density at radius 2 is 2.00 bits per heavy atom. The van der Waals surface area contributed by atoms with Gasteiger partial charge < -0.3 is 10.6 Å². The fraction of sp³-hybridized carbons (Fsp3) is 0.550. The van der Waals surface area contributed by atoms with Crippen LogP contribution in [0.15, 0.2) is 18.2 Å². The topological polar surface area (TPSA) is 78.5 Å². The summed E-state index contributed by atoms with van der Waals surface area (Å²) in [6.07, 6.45) is 4.05. The lowest BCUT2D eigenvalue weighted by atomic mass is 9.91. The van der Waals surface area contributed by atoms with E-state index >= 15 is 0 Å². The maximum atomic E-state index is 14.1. The molecule has 2 atom stereocenters. The zero-order valence-electron chi connectivity index (χ0n) is 16.5. The van der Waals surface area contributed by atoms with Crippen molar-refractivity contribution in [3.05, 3.63) is 35.4 Å². The molecule has 154 valence electrons. The number of nitrogens with zero attached hydrogens (tertiary/aromatic N) is 1. The number of amides is 4. The van der Waals surface area contributed by atoms with E-state index in [0.29, 0.717) is 12.5 Å². The molecule has 1 saturated heterocycles. The number of carbonyl (C=O) groups excluding carboxylic acids is 3. The Labute approximate surface area is 163 Å². The summed E-state index contributed by atoms with van der Waals surface area (Å²) in [5.74, 6) is -2.48. The number of benzene rings is 1. The van der Waals surface area contributed by atoms with Crippen molar-refractivity contribution >= 4 is 17.8 Å². The third-order valence-electron chi connectivity index (χ3n) is 5.17. The van der Waals surface area contributed by atoms with Gasteiger partial charge in [0.05, 0.1) is 0 Å². The summed E-state index contributed by atoms with van der Waals surface area (Å²) >= 11 is 0. The molecule has 1 aromatic rings.